The van der Waals surface area contributed by atoms with Gasteiger partial charge >= 0.3 is 0 Å². The summed E-state index contributed by atoms with van der Waals surface area (Å²) in [7, 11) is 1.64. The van der Waals surface area contributed by atoms with Crippen molar-refractivity contribution in [1.82, 2.24) is 10.2 Å². The van der Waals surface area contributed by atoms with Crippen LogP contribution in [0.25, 0.3) is 0 Å². The van der Waals surface area contributed by atoms with Crippen LogP contribution in [-0.4, -0.2) is 17.3 Å². The number of methoxy groups -OCH3 is 1. The summed E-state index contributed by atoms with van der Waals surface area (Å²) in [6.45, 7) is 3.82. The third-order valence-electron chi connectivity index (χ3n) is 3.22. The van der Waals surface area contributed by atoms with E-state index in [0.717, 1.165) is 28.3 Å². The van der Waals surface area contributed by atoms with Crippen molar-refractivity contribution in [2.75, 3.05) is 7.11 Å². The van der Waals surface area contributed by atoms with Crippen molar-refractivity contribution in [2.24, 2.45) is 5.73 Å². The number of ether oxygens (including phenoxy) is 1. The summed E-state index contributed by atoms with van der Waals surface area (Å²) in [6, 6.07) is 7.35. The fourth-order valence-corrected chi connectivity index (χ4v) is 2.39. The number of aryl methyl sites for hydroxylation is 2. The predicted octanol–water partition coefficient (Wildman–Crippen LogP) is 3.00. The molecule has 0 amide bonds. The number of hydrogen-bond acceptors (Lipinski definition) is 4. The number of aromatic nitrogens is 2. The molecule has 2 aromatic rings. The molecule has 0 spiro atoms. The molecular formula is C15H18ClN3O. The van der Waals surface area contributed by atoms with Crippen LogP contribution in [0.2, 0.25) is 5.02 Å². The normalized spacial score (nSPS) is 12.2. The van der Waals surface area contributed by atoms with Gasteiger partial charge in [0.2, 0.25) is 0 Å². The molecule has 0 aliphatic carbocycles. The van der Waals surface area contributed by atoms with E-state index in [0.29, 0.717) is 11.4 Å². The molecule has 1 heterocycles. The average molecular weight is 292 g/mol. The lowest BCUT2D eigenvalue weighted by Gasteiger charge is -2.16. The topological polar surface area (TPSA) is 61.0 Å². The van der Waals surface area contributed by atoms with Gasteiger partial charge in [-0.3, -0.25) is 0 Å². The van der Waals surface area contributed by atoms with Crippen LogP contribution in [0.3, 0.4) is 0 Å². The number of halogens is 1. The zero-order valence-corrected chi connectivity index (χ0v) is 12.6. The van der Waals surface area contributed by atoms with Crippen LogP contribution in [0.4, 0.5) is 0 Å². The van der Waals surface area contributed by atoms with Gasteiger partial charge in [-0.1, -0.05) is 11.6 Å². The number of benzene rings is 1. The molecule has 2 rings (SSSR count). The fraction of sp³-hybridized carbons (Fsp3) is 0.333. The molecule has 0 aliphatic rings. The number of nitrogens with zero attached hydrogens (tertiary/aromatic N) is 2. The first-order valence-electron chi connectivity index (χ1n) is 6.40. The van der Waals surface area contributed by atoms with Crippen molar-refractivity contribution in [3.8, 4) is 5.75 Å². The highest BCUT2D eigenvalue weighted by atomic mass is 35.5. The van der Waals surface area contributed by atoms with Gasteiger partial charge in [-0.15, -0.1) is 0 Å². The Morgan fingerprint density at radius 3 is 2.70 bits per heavy atom. The number of nitrogens with two attached hydrogens (primary N) is 1. The van der Waals surface area contributed by atoms with Crippen LogP contribution in [0.1, 0.15) is 28.6 Å². The largest absolute Gasteiger partial charge is 0.496 e. The first kappa shape index (κ1) is 14.8. The molecule has 0 fully saturated rings. The maximum absolute atomic E-state index is 6.30. The van der Waals surface area contributed by atoms with E-state index < -0.39 is 0 Å². The average Bonchev–Trinajstić information content (AvgIpc) is 2.41. The molecule has 0 saturated heterocycles. The van der Waals surface area contributed by atoms with Crippen molar-refractivity contribution in [2.45, 2.75) is 26.3 Å². The minimum Gasteiger partial charge on any atom is -0.496 e. The summed E-state index contributed by atoms with van der Waals surface area (Å²) in [5.74, 6) is 0.793. The van der Waals surface area contributed by atoms with E-state index in [-0.39, 0.29) is 6.04 Å². The maximum atomic E-state index is 6.30. The molecule has 1 unspecified atom stereocenters. The first-order chi connectivity index (χ1) is 9.51. The Labute approximate surface area is 123 Å². The smallest absolute Gasteiger partial charge is 0.122 e. The van der Waals surface area contributed by atoms with E-state index >= 15 is 0 Å². The molecule has 106 valence electrons. The minimum atomic E-state index is -0.170. The molecule has 2 N–H and O–H groups in total. The lowest BCUT2D eigenvalue weighted by atomic mass is 9.98. The van der Waals surface area contributed by atoms with E-state index in [1.807, 2.05) is 32.0 Å². The molecule has 1 atom stereocenters. The van der Waals surface area contributed by atoms with Crippen molar-refractivity contribution >= 4 is 11.6 Å². The quantitative estimate of drug-likeness (QED) is 0.941. The van der Waals surface area contributed by atoms with Gasteiger partial charge in [0.25, 0.3) is 0 Å². The summed E-state index contributed by atoms with van der Waals surface area (Å²) in [4.78, 5) is 0. The molecule has 4 nitrogen and oxygen atoms in total. The second-order valence-electron chi connectivity index (χ2n) is 4.79. The molecule has 20 heavy (non-hydrogen) atoms. The van der Waals surface area contributed by atoms with Gasteiger partial charge in [0.05, 0.1) is 18.5 Å². The third kappa shape index (κ3) is 3.26. The Kier molecular flexibility index (Phi) is 4.57. The molecule has 0 bridgehead atoms. The molecule has 0 radical (unpaired) electrons. The van der Waals surface area contributed by atoms with Crippen molar-refractivity contribution < 1.29 is 4.74 Å². The van der Waals surface area contributed by atoms with E-state index in [4.69, 9.17) is 22.1 Å². The molecule has 0 saturated carbocycles. The monoisotopic (exact) mass is 291 g/mol. The standard InChI is InChI=1S/C15H18ClN3O/c1-9-6-13(10(2)19-18-9)14(17)8-11-7-12(16)4-5-15(11)20-3/h4-7,14H,8,17H2,1-3H3. The van der Waals surface area contributed by atoms with Crippen LogP contribution in [0, 0.1) is 13.8 Å². The zero-order chi connectivity index (χ0) is 14.7. The Morgan fingerprint density at radius 2 is 2.00 bits per heavy atom. The van der Waals surface area contributed by atoms with Gasteiger partial charge in [0.15, 0.2) is 0 Å². The van der Waals surface area contributed by atoms with Crippen LogP contribution >= 0.6 is 11.6 Å². The lowest BCUT2D eigenvalue weighted by molar-refractivity contribution is 0.408. The third-order valence-corrected chi connectivity index (χ3v) is 3.46. The van der Waals surface area contributed by atoms with E-state index in [1.165, 1.54) is 0 Å². The fourth-order valence-electron chi connectivity index (χ4n) is 2.20. The van der Waals surface area contributed by atoms with E-state index in [1.54, 1.807) is 13.2 Å². The van der Waals surface area contributed by atoms with Crippen LogP contribution in [-0.2, 0) is 6.42 Å². The van der Waals surface area contributed by atoms with Gasteiger partial charge < -0.3 is 10.5 Å². The minimum absolute atomic E-state index is 0.170. The van der Waals surface area contributed by atoms with Crippen molar-refractivity contribution in [3.63, 3.8) is 0 Å². The van der Waals surface area contributed by atoms with Crippen molar-refractivity contribution in [3.05, 3.63) is 51.8 Å². The van der Waals surface area contributed by atoms with Crippen molar-refractivity contribution in [1.29, 1.82) is 0 Å². The summed E-state index contributed by atoms with van der Waals surface area (Å²) in [5.41, 5.74) is 10.0. The van der Waals surface area contributed by atoms with E-state index in [9.17, 15) is 0 Å². The molecular weight excluding hydrogens is 274 g/mol. The Balaban J connectivity index is 2.29. The van der Waals surface area contributed by atoms with Gasteiger partial charge in [0.1, 0.15) is 5.75 Å². The summed E-state index contributed by atoms with van der Waals surface area (Å²) < 4.78 is 5.35. The first-order valence-corrected chi connectivity index (χ1v) is 6.78. The number of hydrogen-bond donors (Lipinski definition) is 1. The second kappa shape index (κ2) is 6.20. The second-order valence-corrected chi connectivity index (χ2v) is 5.23. The highest BCUT2D eigenvalue weighted by Gasteiger charge is 2.14. The lowest BCUT2D eigenvalue weighted by Crippen LogP contribution is -2.16. The van der Waals surface area contributed by atoms with Gasteiger partial charge in [-0.2, -0.15) is 10.2 Å². The molecule has 0 aliphatic heterocycles. The van der Waals surface area contributed by atoms with Crippen LogP contribution < -0.4 is 10.5 Å². The highest BCUT2D eigenvalue weighted by molar-refractivity contribution is 6.30. The van der Waals surface area contributed by atoms with Crippen LogP contribution in [0.5, 0.6) is 5.75 Å². The summed E-state index contributed by atoms with van der Waals surface area (Å²) >= 11 is 6.04. The van der Waals surface area contributed by atoms with Gasteiger partial charge in [-0.05, 0) is 55.7 Å². The van der Waals surface area contributed by atoms with E-state index in [2.05, 4.69) is 10.2 Å². The molecule has 1 aromatic carbocycles. The predicted molar refractivity (Wildman–Crippen MR) is 80.1 cm³/mol. The maximum Gasteiger partial charge on any atom is 0.122 e. The summed E-state index contributed by atoms with van der Waals surface area (Å²) in [6.07, 6.45) is 0.635. The number of rotatable bonds is 4. The van der Waals surface area contributed by atoms with Crippen LogP contribution in [0.15, 0.2) is 24.3 Å². The Morgan fingerprint density at radius 1 is 1.25 bits per heavy atom. The Hall–Kier alpha value is -1.65. The zero-order valence-electron chi connectivity index (χ0n) is 11.9. The molecule has 1 aromatic heterocycles. The highest BCUT2D eigenvalue weighted by Crippen LogP contribution is 2.27. The van der Waals surface area contributed by atoms with Gasteiger partial charge in [0, 0.05) is 11.1 Å². The Bertz CT molecular complexity index is 616. The summed E-state index contributed by atoms with van der Waals surface area (Å²) in [5, 5.41) is 8.81. The molecule has 5 heteroatoms. The SMILES string of the molecule is COc1ccc(Cl)cc1CC(N)c1cc(C)nnc1C. The van der Waals surface area contributed by atoms with Gasteiger partial charge in [-0.25, -0.2) is 0 Å².